The zero-order chi connectivity index (χ0) is 23.8. The summed E-state index contributed by atoms with van der Waals surface area (Å²) in [6.45, 7) is 1.79. The van der Waals surface area contributed by atoms with Gasteiger partial charge in [-0.1, -0.05) is 48.9 Å². The maximum atomic E-state index is 13.7. The largest absolute Gasteiger partial charge is 0.336 e. The second kappa shape index (κ2) is 8.93. The Hall–Kier alpha value is -3.68. The van der Waals surface area contributed by atoms with Crippen LogP contribution in [0.15, 0.2) is 82.4 Å². The van der Waals surface area contributed by atoms with Crippen molar-refractivity contribution in [3.63, 3.8) is 0 Å². The van der Waals surface area contributed by atoms with Gasteiger partial charge in [0.05, 0.1) is 11.2 Å². The fourth-order valence-corrected chi connectivity index (χ4v) is 5.24. The minimum absolute atomic E-state index is 0.244. The van der Waals surface area contributed by atoms with Gasteiger partial charge in [-0.05, 0) is 54.4 Å². The summed E-state index contributed by atoms with van der Waals surface area (Å²) in [4.78, 5) is 40.1. The number of hydrogen-bond acceptors (Lipinski definition) is 4. The molecule has 0 spiro atoms. The Bertz CT molecular complexity index is 1650. The lowest BCUT2D eigenvalue weighted by Gasteiger charge is -2.13. The van der Waals surface area contributed by atoms with Crippen molar-refractivity contribution < 1.29 is 4.79 Å². The van der Waals surface area contributed by atoms with Crippen LogP contribution in [0, 0.1) is 0 Å². The van der Waals surface area contributed by atoms with Gasteiger partial charge in [0, 0.05) is 20.8 Å². The van der Waals surface area contributed by atoms with Gasteiger partial charge >= 0.3 is 5.69 Å². The van der Waals surface area contributed by atoms with E-state index in [0.717, 1.165) is 26.6 Å². The summed E-state index contributed by atoms with van der Waals surface area (Å²) >= 11 is 7.25. The predicted molar refractivity (Wildman–Crippen MR) is 139 cm³/mol. The lowest BCUT2D eigenvalue weighted by Crippen LogP contribution is -2.40. The number of fused-ring (bicyclic) bond motifs is 3. The van der Waals surface area contributed by atoms with Gasteiger partial charge in [0.2, 0.25) is 5.91 Å². The molecule has 3 aromatic carbocycles. The summed E-state index contributed by atoms with van der Waals surface area (Å²) < 4.78 is 3.83. The number of amides is 1. The van der Waals surface area contributed by atoms with E-state index in [2.05, 4.69) is 5.32 Å². The Kier molecular flexibility index (Phi) is 5.81. The molecule has 0 aliphatic rings. The number of halogens is 1. The topological polar surface area (TPSA) is 73.1 Å². The van der Waals surface area contributed by atoms with E-state index >= 15 is 0 Å². The number of aromatic nitrogens is 2. The maximum absolute atomic E-state index is 13.7. The van der Waals surface area contributed by atoms with Gasteiger partial charge in [-0.25, -0.2) is 9.36 Å². The van der Waals surface area contributed by atoms with E-state index in [9.17, 15) is 14.4 Å². The molecule has 0 unspecified atom stereocenters. The van der Waals surface area contributed by atoms with Crippen LogP contribution >= 0.6 is 22.9 Å². The number of carbonyl (C=O) groups excluding carboxylic acids is 1. The minimum Gasteiger partial charge on any atom is -0.325 e. The van der Waals surface area contributed by atoms with E-state index in [1.807, 2.05) is 43.3 Å². The number of anilines is 1. The van der Waals surface area contributed by atoms with Crippen LogP contribution in [-0.4, -0.2) is 15.0 Å². The number of rotatable bonds is 5. The molecule has 0 bridgehead atoms. The molecule has 8 heteroatoms. The van der Waals surface area contributed by atoms with Crippen molar-refractivity contribution in [2.75, 3.05) is 5.32 Å². The molecule has 2 heterocycles. The summed E-state index contributed by atoms with van der Waals surface area (Å²) in [5, 5.41) is 4.12. The zero-order valence-corrected chi connectivity index (χ0v) is 19.8. The predicted octanol–water partition coefficient (Wildman–Crippen LogP) is 5.22. The molecular formula is C26H20ClN3O3S. The van der Waals surface area contributed by atoms with Crippen LogP contribution in [0.1, 0.15) is 12.5 Å². The third-order valence-corrected chi connectivity index (χ3v) is 7.09. The van der Waals surface area contributed by atoms with Crippen molar-refractivity contribution in [2.45, 2.75) is 19.9 Å². The quantitative estimate of drug-likeness (QED) is 0.368. The number of nitrogens with zero attached hydrogens (tertiary/aromatic N) is 2. The molecule has 1 N–H and O–H groups in total. The minimum atomic E-state index is -0.559. The van der Waals surface area contributed by atoms with Crippen LogP contribution in [0.3, 0.4) is 0 Å². The van der Waals surface area contributed by atoms with Crippen molar-refractivity contribution >= 4 is 54.8 Å². The van der Waals surface area contributed by atoms with Gasteiger partial charge in [-0.3, -0.25) is 14.2 Å². The second-order valence-electron chi connectivity index (χ2n) is 7.86. The molecule has 170 valence electrons. The van der Waals surface area contributed by atoms with Crippen molar-refractivity contribution in [1.29, 1.82) is 0 Å². The number of benzene rings is 3. The van der Waals surface area contributed by atoms with Crippen LogP contribution in [-0.2, 0) is 17.8 Å². The first-order valence-electron chi connectivity index (χ1n) is 10.8. The van der Waals surface area contributed by atoms with Crippen molar-refractivity contribution in [3.8, 4) is 5.69 Å². The Morgan fingerprint density at radius 2 is 1.68 bits per heavy atom. The molecule has 0 fully saturated rings. The highest BCUT2D eigenvalue weighted by molar-refractivity contribution is 7.25. The standard InChI is InChI=1S/C26H20ClN3O3S/c1-2-16-7-13-19(14-8-16)30-25(32)24-23(20-5-3-4-6-21(20)34-24)29(26(30)33)15-22(31)28-18-11-9-17(27)10-12-18/h3-14H,2,15H2,1H3,(H,28,31). The lowest BCUT2D eigenvalue weighted by molar-refractivity contribution is -0.116. The summed E-state index contributed by atoms with van der Waals surface area (Å²) in [5.41, 5.74) is 1.66. The van der Waals surface area contributed by atoms with Gasteiger partial charge < -0.3 is 5.32 Å². The first kappa shape index (κ1) is 22.1. The molecule has 0 saturated carbocycles. The first-order chi connectivity index (χ1) is 16.5. The number of nitrogens with one attached hydrogen (secondary N) is 1. The third kappa shape index (κ3) is 3.93. The van der Waals surface area contributed by atoms with E-state index in [-0.39, 0.29) is 18.0 Å². The maximum Gasteiger partial charge on any atom is 0.336 e. The molecule has 6 nitrogen and oxygen atoms in total. The molecule has 0 aliphatic heterocycles. The summed E-state index contributed by atoms with van der Waals surface area (Å²) in [6, 6.07) is 21.6. The normalized spacial score (nSPS) is 11.2. The molecule has 0 atom stereocenters. The molecule has 0 radical (unpaired) electrons. The Balaban J connectivity index is 1.69. The highest BCUT2D eigenvalue weighted by Gasteiger charge is 2.20. The van der Waals surface area contributed by atoms with Crippen LogP contribution in [0.4, 0.5) is 5.69 Å². The Morgan fingerprint density at radius 3 is 2.38 bits per heavy atom. The van der Waals surface area contributed by atoms with E-state index < -0.39 is 5.69 Å². The molecule has 34 heavy (non-hydrogen) atoms. The summed E-state index contributed by atoms with van der Waals surface area (Å²) in [5.74, 6) is -0.382. The van der Waals surface area contributed by atoms with Gasteiger partial charge in [0.15, 0.2) is 0 Å². The van der Waals surface area contributed by atoms with Gasteiger partial charge in [-0.15, -0.1) is 11.3 Å². The van der Waals surface area contributed by atoms with Crippen LogP contribution < -0.4 is 16.6 Å². The van der Waals surface area contributed by atoms with Gasteiger partial charge in [0.1, 0.15) is 11.2 Å². The van der Waals surface area contributed by atoms with Gasteiger partial charge in [0.25, 0.3) is 5.56 Å². The van der Waals surface area contributed by atoms with E-state index in [0.29, 0.717) is 26.6 Å². The summed E-state index contributed by atoms with van der Waals surface area (Å²) in [6.07, 6.45) is 0.847. The highest BCUT2D eigenvalue weighted by atomic mass is 35.5. The zero-order valence-electron chi connectivity index (χ0n) is 18.2. The molecular weight excluding hydrogens is 470 g/mol. The highest BCUT2D eigenvalue weighted by Crippen LogP contribution is 2.31. The number of aryl methyl sites for hydroxylation is 1. The molecule has 0 saturated heterocycles. The van der Waals surface area contributed by atoms with E-state index in [4.69, 9.17) is 11.6 Å². The average Bonchev–Trinajstić information content (AvgIpc) is 3.24. The Labute approximate surface area is 203 Å². The molecule has 0 aliphatic carbocycles. The molecule has 5 rings (SSSR count). The summed E-state index contributed by atoms with van der Waals surface area (Å²) in [7, 11) is 0. The SMILES string of the molecule is CCc1ccc(-n2c(=O)c3sc4ccccc4c3n(CC(=O)Nc3ccc(Cl)cc3)c2=O)cc1. The number of thiophene rings is 1. The van der Waals surface area contributed by atoms with E-state index in [1.54, 1.807) is 36.4 Å². The molecule has 1 amide bonds. The second-order valence-corrected chi connectivity index (χ2v) is 9.35. The van der Waals surface area contributed by atoms with E-state index in [1.165, 1.54) is 15.9 Å². The van der Waals surface area contributed by atoms with Crippen LogP contribution in [0.25, 0.3) is 26.0 Å². The monoisotopic (exact) mass is 489 g/mol. The van der Waals surface area contributed by atoms with Crippen molar-refractivity contribution in [1.82, 2.24) is 9.13 Å². The molecule has 5 aromatic rings. The van der Waals surface area contributed by atoms with Gasteiger partial charge in [-0.2, -0.15) is 0 Å². The number of carbonyl (C=O) groups is 1. The van der Waals surface area contributed by atoms with Crippen molar-refractivity contribution in [2.24, 2.45) is 0 Å². The fraction of sp³-hybridized carbons (Fsp3) is 0.115. The van der Waals surface area contributed by atoms with Crippen molar-refractivity contribution in [3.05, 3.63) is 104 Å². The number of hydrogen-bond donors (Lipinski definition) is 1. The third-order valence-electron chi connectivity index (χ3n) is 5.69. The van der Waals surface area contributed by atoms with Crippen LogP contribution in [0.5, 0.6) is 0 Å². The van der Waals surface area contributed by atoms with Crippen LogP contribution in [0.2, 0.25) is 5.02 Å². The Morgan fingerprint density at radius 1 is 0.971 bits per heavy atom. The molecule has 2 aromatic heterocycles. The fourth-order valence-electron chi connectivity index (χ4n) is 3.98. The average molecular weight is 490 g/mol. The smallest absolute Gasteiger partial charge is 0.325 e. The lowest BCUT2D eigenvalue weighted by atomic mass is 10.1. The first-order valence-corrected chi connectivity index (χ1v) is 12.0.